The van der Waals surface area contributed by atoms with E-state index in [-0.39, 0.29) is 11.9 Å². The molecule has 4 heteroatoms. The van der Waals surface area contributed by atoms with Gasteiger partial charge >= 0.3 is 0 Å². The highest BCUT2D eigenvalue weighted by atomic mass is 16.1. The second-order valence-corrected chi connectivity index (χ2v) is 6.82. The summed E-state index contributed by atoms with van der Waals surface area (Å²) in [6.45, 7) is 7.04. The molecule has 3 rings (SSSR count). The van der Waals surface area contributed by atoms with Crippen LogP contribution in [0.25, 0.3) is 0 Å². The van der Waals surface area contributed by atoms with Crippen LogP contribution in [0.3, 0.4) is 0 Å². The number of amides is 1. The quantitative estimate of drug-likeness (QED) is 0.920. The van der Waals surface area contributed by atoms with E-state index in [1.54, 1.807) is 6.20 Å². The van der Waals surface area contributed by atoms with Gasteiger partial charge in [0.05, 0.1) is 6.42 Å². The van der Waals surface area contributed by atoms with Crippen molar-refractivity contribution >= 4 is 5.91 Å². The average molecular weight is 323 g/mol. The Kier molecular flexibility index (Phi) is 5.26. The van der Waals surface area contributed by atoms with Gasteiger partial charge in [-0.2, -0.15) is 0 Å². The molecule has 1 N–H and O–H groups in total. The van der Waals surface area contributed by atoms with Crippen molar-refractivity contribution in [1.29, 1.82) is 0 Å². The zero-order valence-corrected chi connectivity index (χ0v) is 14.4. The molecule has 1 fully saturated rings. The Labute approximate surface area is 143 Å². The van der Waals surface area contributed by atoms with Crippen molar-refractivity contribution in [1.82, 2.24) is 15.2 Å². The van der Waals surface area contributed by atoms with Crippen molar-refractivity contribution < 1.29 is 4.79 Å². The van der Waals surface area contributed by atoms with E-state index in [4.69, 9.17) is 0 Å². The zero-order chi connectivity index (χ0) is 16.9. The lowest BCUT2D eigenvalue weighted by atomic mass is 10.1. The fraction of sp³-hybridized carbons (Fsp3) is 0.400. The Bertz CT molecular complexity index is 669. The SMILES string of the molecule is Cc1ccc(CC(=O)NC2CN(Cc3ccccc3)CC2C)cn1. The molecule has 126 valence electrons. The van der Waals surface area contributed by atoms with Crippen molar-refractivity contribution in [3.05, 3.63) is 65.5 Å². The second-order valence-electron chi connectivity index (χ2n) is 6.82. The van der Waals surface area contributed by atoms with Crippen LogP contribution in [0.5, 0.6) is 0 Å². The molecule has 24 heavy (non-hydrogen) atoms. The first kappa shape index (κ1) is 16.7. The number of hydrogen-bond acceptors (Lipinski definition) is 3. The largest absolute Gasteiger partial charge is 0.351 e. The third kappa shape index (κ3) is 4.42. The highest BCUT2D eigenvalue weighted by Crippen LogP contribution is 2.19. The number of likely N-dealkylation sites (tertiary alicyclic amines) is 1. The molecule has 1 aliphatic heterocycles. The number of aromatic nitrogens is 1. The van der Waals surface area contributed by atoms with Crippen LogP contribution in [-0.2, 0) is 17.8 Å². The Hall–Kier alpha value is -2.20. The van der Waals surface area contributed by atoms with E-state index >= 15 is 0 Å². The topological polar surface area (TPSA) is 45.2 Å². The molecule has 0 saturated carbocycles. The van der Waals surface area contributed by atoms with Crippen molar-refractivity contribution in [3.8, 4) is 0 Å². The normalized spacial score (nSPS) is 20.9. The van der Waals surface area contributed by atoms with Crippen LogP contribution in [0.15, 0.2) is 48.7 Å². The van der Waals surface area contributed by atoms with Gasteiger partial charge in [-0.3, -0.25) is 14.7 Å². The third-order valence-corrected chi connectivity index (χ3v) is 4.62. The molecule has 0 bridgehead atoms. The lowest BCUT2D eigenvalue weighted by molar-refractivity contribution is -0.121. The van der Waals surface area contributed by atoms with E-state index < -0.39 is 0 Å². The minimum absolute atomic E-state index is 0.0825. The van der Waals surface area contributed by atoms with Gasteiger partial charge in [0.15, 0.2) is 0 Å². The van der Waals surface area contributed by atoms with Crippen molar-refractivity contribution in [2.45, 2.75) is 32.9 Å². The molecule has 1 aromatic carbocycles. The van der Waals surface area contributed by atoms with Crippen molar-refractivity contribution in [3.63, 3.8) is 0 Å². The van der Waals surface area contributed by atoms with Crippen LogP contribution >= 0.6 is 0 Å². The molecule has 2 aromatic rings. The molecule has 0 spiro atoms. The number of carbonyl (C=O) groups excluding carboxylic acids is 1. The highest BCUT2D eigenvalue weighted by molar-refractivity contribution is 5.78. The van der Waals surface area contributed by atoms with Crippen molar-refractivity contribution in [2.75, 3.05) is 13.1 Å². The maximum atomic E-state index is 12.3. The van der Waals surface area contributed by atoms with Crippen LogP contribution in [0.4, 0.5) is 0 Å². The first-order valence-electron chi connectivity index (χ1n) is 8.57. The van der Waals surface area contributed by atoms with Gasteiger partial charge in [0, 0.05) is 37.6 Å². The van der Waals surface area contributed by atoms with E-state index in [0.717, 1.165) is 30.9 Å². The van der Waals surface area contributed by atoms with Crippen LogP contribution in [0, 0.1) is 12.8 Å². The summed E-state index contributed by atoms with van der Waals surface area (Å²) < 4.78 is 0. The lowest BCUT2D eigenvalue weighted by Crippen LogP contribution is -2.40. The molecular weight excluding hydrogens is 298 g/mol. The van der Waals surface area contributed by atoms with E-state index in [1.165, 1.54) is 5.56 Å². The van der Waals surface area contributed by atoms with Gasteiger partial charge in [0.2, 0.25) is 5.91 Å². The predicted octanol–water partition coefficient (Wildman–Crippen LogP) is 2.57. The van der Waals surface area contributed by atoms with Crippen LogP contribution in [0.2, 0.25) is 0 Å². The summed E-state index contributed by atoms with van der Waals surface area (Å²) in [5.74, 6) is 0.549. The standard InChI is InChI=1S/C20H25N3O/c1-15-12-23(13-17-6-4-3-5-7-17)14-19(15)22-20(24)10-18-9-8-16(2)21-11-18/h3-9,11,15,19H,10,12-14H2,1-2H3,(H,22,24). The van der Waals surface area contributed by atoms with E-state index in [9.17, 15) is 4.79 Å². The average Bonchev–Trinajstić information content (AvgIpc) is 2.90. The maximum absolute atomic E-state index is 12.3. The Morgan fingerprint density at radius 3 is 2.67 bits per heavy atom. The molecule has 2 atom stereocenters. The van der Waals surface area contributed by atoms with Gasteiger partial charge in [-0.1, -0.05) is 43.3 Å². The first-order chi connectivity index (χ1) is 11.6. The van der Waals surface area contributed by atoms with Crippen LogP contribution < -0.4 is 5.32 Å². The van der Waals surface area contributed by atoms with E-state index in [2.05, 4.69) is 46.4 Å². The number of rotatable bonds is 5. The number of pyridine rings is 1. The van der Waals surface area contributed by atoms with E-state index in [1.807, 2.05) is 25.1 Å². The summed E-state index contributed by atoms with van der Waals surface area (Å²) in [6.07, 6.45) is 2.18. The smallest absolute Gasteiger partial charge is 0.224 e. The fourth-order valence-electron chi connectivity index (χ4n) is 3.27. The summed E-state index contributed by atoms with van der Waals surface area (Å²) >= 11 is 0. The third-order valence-electron chi connectivity index (χ3n) is 4.62. The van der Waals surface area contributed by atoms with Gasteiger partial charge in [-0.05, 0) is 30.0 Å². The minimum atomic E-state index is 0.0825. The lowest BCUT2D eigenvalue weighted by Gasteiger charge is -2.17. The van der Waals surface area contributed by atoms with E-state index in [0.29, 0.717) is 12.3 Å². The second kappa shape index (κ2) is 7.58. The molecule has 1 amide bonds. The van der Waals surface area contributed by atoms with Crippen LogP contribution in [0.1, 0.15) is 23.7 Å². The summed E-state index contributed by atoms with van der Waals surface area (Å²) in [5, 5.41) is 3.20. The number of aryl methyl sites for hydroxylation is 1. The van der Waals surface area contributed by atoms with Crippen LogP contribution in [-0.4, -0.2) is 34.9 Å². The molecule has 2 unspecified atom stereocenters. The molecule has 0 aliphatic carbocycles. The zero-order valence-electron chi connectivity index (χ0n) is 14.4. The molecule has 1 aliphatic rings. The minimum Gasteiger partial charge on any atom is -0.351 e. The number of benzene rings is 1. The molecule has 4 nitrogen and oxygen atoms in total. The number of carbonyl (C=O) groups is 1. The van der Waals surface area contributed by atoms with Gasteiger partial charge < -0.3 is 5.32 Å². The number of nitrogens with zero attached hydrogens (tertiary/aromatic N) is 2. The van der Waals surface area contributed by atoms with Gasteiger partial charge in [-0.15, -0.1) is 0 Å². The first-order valence-corrected chi connectivity index (χ1v) is 8.57. The summed E-state index contributed by atoms with van der Waals surface area (Å²) in [4.78, 5) is 19.0. The monoisotopic (exact) mass is 323 g/mol. The maximum Gasteiger partial charge on any atom is 0.224 e. The predicted molar refractivity (Wildman–Crippen MR) is 95.5 cm³/mol. The molecule has 2 heterocycles. The molecular formula is C20H25N3O. The summed E-state index contributed by atoms with van der Waals surface area (Å²) in [7, 11) is 0. The summed E-state index contributed by atoms with van der Waals surface area (Å²) in [5.41, 5.74) is 3.26. The fourth-order valence-corrected chi connectivity index (χ4v) is 3.27. The Balaban J connectivity index is 1.51. The van der Waals surface area contributed by atoms with Gasteiger partial charge in [0.1, 0.15) is 0 Å². The number of hydrogen-bond donors (Lipinski definition) is 1. The Morgan fingerprint density at radius 1 is 1.17 bits per heavy atom. The van der Waals surface area contributed by atoms with Crippen molar-refractivity contribution in [2.24, 2.45) is 5.92 Å². The molecule has 1 aromatic heterocycles. The Morgan fingerprint density at radius 2 is 1.96 bits per heavy atom. The highest BCUT2D eigenvalue weighted by Gasteiger charge is 2.30. The summed E-state index contributed by atoms with van der Waals surface area (Å²) in [6, 6.07) is 14.6. The van der Waals surface area contributed by atoms with Gasteiger partial charge in [-0.25, -0.2) is 0 Å². The number of nitrogens with one attached hydrogen (secondary N) is 1. The molecule has 1 saturated heterocycles. The van der Waals surface area contributed by atoms with Gasteiger partial charge in [0.25, 0.3) is 0 Å². The molecule has 0 radical (unpaired) electrons.